The fourth-order valence-corrected chi connectivity index (χ4v) is 11.9. The molecule has 5 fully saturated rings. The number of carbonyl (C=O) groups excluding carboxylic acids is 2. The second-order valence-corrected chi connectivity index (χ2v) is 17.5. The Hall–Kier alpha value is -1.20. The molecule has 14 atom stereocenters. The first-order chi connectivity index (χ1) is 20.8. The Morgan fingerprint density at radius 3 is 2.40 bits per heavy atom. The molecule has 2 spiro atoms. The molecule has 6 rings (SSSR count). The molecule has 1 heterocycles. The van der Waals surface area contributed by atoms with E-state index in [2.05, 4.69) is 40.7 Å². The van der Waals surface area contributed by atoms with Crippen molar-refractivity contribution in [1.82, 2.24) is 0 Å². The van der Waals surface area contributed by atoms with Gasteiger partial charge in [-0.25, -0.2) is 0 Å². The number of carbonyl (C=O) groups is 2. The predicted octanol–water partition coefficient (Wildman–Crippen LogP) is 3.32. The average molecular weight is 633 g/mol. The van der Waals surface area contributed by atoms with Crippen molar-refractivity contribution >= 4 is 12.1 Å². The number of ketones is 1. The normalized spacial score (nSPS) is 51.7. The van der Waals surface area contributed by atoms with Gasteiger partial charge in [0.05, 0.1) is 29.8 Å². The molecule has 5 aliphatic carbocycles. The van der Waals surface area contributed by atoms with E-state index in [0.717, 1.165) is 44.8 Å². The number of ether oxygens (including phenoxy) is 2. The SMILES string of the molecule is CC1CC(C(O)C(C)(C)O)CC(=O)C1C1(C)CCC23CC24CCC(OC2OCC(O)C(O)C2O)C(C)(C)C4CC=C3C1(C)C=O. The predicted molar refractivity (Wildman–Crippen MR) is 166 cm³/mol. The zero-order valence-corrected chi connectivity index (χ0v) is 28.2. The minimum atomic E-state index is -1.33. The maximum absolute atomic E-state index is 14.0. The molecule has 0 bridgehead atoms. The molecule has 6 aliphatic rings. The molecular weight excluding hydrogens is 576 g/mol. The minimum Gasteiger partial charge on any atom is -0.390 e. The maximum Gasteiger partial charge on any atom is 0.186 e. The Bertz CT molecular complexity index is 1240. The Morgan fingerprint density at radius 1 is 1.09 bits per heavy atom. The van der Waals surface area contributed by atoms with Crippen LogP contribution in [0.15, 0.2) is 11.6 Å². The Morgan fingerprint density at radius 2 is 1.78 bits per heavy atom. The first-order valence-corrected chi connectivity index (χ1v) is 17.2. The van der Waals surface area contributed by atoms with Gasteiger partial charge in [0, 0.05) is 12.3 Å². The molecule has 0 aromatic heterocycles. The maximum atomic E-state index is 14.0. The zero-order valence-electron chi connectivity index (χ0n) is 28.2. The van der Waals surface area contributed by atoms with Crippen LogP contribution < -0.4 is 0 Å². The molecule has 0 aromatic carbocycles. The van der Waals surface area contributed by atoms with Crippen LogP contribution in [0.1, 0.15) is 99.8 Å². The van der Waals surface area contributed by atoms with E-state index in [1.165, 1.54) is 5.57 Å². The Balaban J connectivity index is 1.26. The number of aliphatic hydroxyl groups is 5. The first kappa shape index (κ1) is 33.7. The van der Waals surface area contributed by atoms with Crippen LogP contribution in [-0.4, -0.2) is 86.6 Å². The molecule has 9 heteroatoms. The second kappa shape index (κ2) is 10.6. The molecule has 45 heavy (non-hydrogen) atoms. The van der Waals surface area contributed by atoms with E-state index in [-0.39, 0.29) is 58.9 Å². The van der Waals surface area contributed by atoms with E-state index >= 15 is 0 Å². The highest BCUT2D eigenvalue weighted by molar-refractivity contribution is 5.85. The lowest BCUT2D eigenvalue weighted by Gasteiger charge is -2.61. The summed E-state index contributed by atoms with van der Waals surface area (Å²) < 4.78 is 12.0. The first-order valence-electron chi connectivity index (χ1n) is 17.2. The number of Topliss-reactive ketones (excluding diaryl/α,β-unsaturated/α-hetero) is 1. The topological polar surface area (TPSA) is 154 Å². The van der Waals surface area contributed by atoms with Gasteiger partial charge in [-0.3, -0.25) is 4.79 Å². The van der Waals surface area contributed by atoms with Crippen molar-refractivity contribution in [3.63, 3.8) is 0 Å². The summed E-state index contributed by atoms with van der Waals surface area (Å²) >= 11 is 0. The van der Waals surface area contributed by atoms with Gasteiger partial charge in [-0.2, -0.15) is 0 Å². The van der Waals surface area contributed by atoms with Crippen LogP contribution in [0.2, 0.25) is 0 Å². The summed E-state index contributed by atoms with van der Waals surface area (Å²) in [6.45, 7) is 13.8. The molecule has 0 aromatic rings. The third kappa shape index (κ3) is 4.57. The van der Waals surface area contributed by atoms with Crippen LogP contribution >= 0.6 is 0 Å². The second-order valence-electron chi connectivity index (χ2n) is 17.5. The van der Waals surface area contributed by atoms with Crippen molar-refractivity contribution in [2.45, 2.75) is 142 Å². The fourth-order valence-electron chi connectivity index (χ4n) is 11.9. The van der Waals surface area contributed by atoms with Crippen LogP contribution in [0.3, 0.4) is 0 Å². The number of allylic oxidation sites excluding steroid dienone is 2. The van der Waals surface area contributed by atoms with E-state index in [1.807, 2.05) is 0 Å². The van der Waals surface area contributed by atoms with Crippen molar-refractivity contribution < 1.29 is 44.6 Å². The fraction of sp³-hybridized carbons (Fsp3) is 0.889. The van der Waals surface area contributed by atoms with E-state index < -0.39 is 47.1 Å². The van der Waals surface area contributed by atoms with Crippen molar-refractivity contribution in [2.24, 2.45) is 50.7 Å². The van der Waals surface area contributed by atoms with Gasteiger partial charge in [0.15, 0.2) is 6.29 Å². The summed E-state index contributed by atoms with van der Waals surface area (Å²) in [6.07, 6.45) is 3.53. The minimum absolute atomic E-state index is 0.0276. The van der Waals surface area contributed by atoms with Gasteiger partial charge in [0.25, 0.3) is 0 Å². The zero-order chi connectivity index (χ0) is 33.1. The lowest BCUT2D eigenvalue weighted by Crippen LogP contribution is -2.60. The van der Waals surface area contributed by atoms with Gasteiger partial charge in [0.2, 0.25) is 0 Å². The molecule has 1 aliphatic heterocycles. The van der Waals surface area contributed by atoms with Crippen LogP contribution in [0.5, 0.6) is 0 Å². The summed E-state index contributed by atoms with van der Waals surface area (Å²) in [5.41, 5.74) is -1.75. The third-order valence-electron chi connectivity index (χ3n) is 14.5. The van der Waals surface area contributed by atoms with Crippen LogP contribution in [0.4, 0.5) is 0 Å². The van der Waals surface area contributed by atoms with Crippen LogP contribution in [0.25, 0.3) is 0 Å². The standard InChI is InChI=1S/C36H56O9/c1-19-14-20(29(42)32(4,5)43)15-21(38)26(19)33(6)12-13-36-17-35(36)11-10-25(45-30-28(41)27(40)22(39)16-44-30)31(2,3)23(35)8-9-24(36)34(33,7)18-37/h9,18-20,22-23,25-30,39-43H,8,10-17H2,1-7H3. The molecule has 5 N–H and O–H groups in total. The quantitative estimate of drug-likeness (QED) is 0.219. The van der Waals surface area contributed by atoms with Gasteiger partial charge >= 0.3 is 0 Å². The molecule has 1 saturated heterocycles. The van der Waals surface area contributed by atoms with Gasteiger partial charge in [0.1, 0.15) is 30.4 Å². The van der Waals surface area contributed by atoms with Crippen LogP contribution in [0, 0.1) is 50.7 Å². The van der Waals surface area contributed by atoms with Gasteiger partial charge in [-0.15, -0.1) is 0 Å². The highest BCUT2D eigenvalue weighted by Crippen LogP contribution is 2.86. The Kier molecular flexibility index (Phi) is 7.97. The van der Waals surface area contributed by atoms with E-state index in [9.17, 15) is 35.1 Å². The summed E-state index contributed by atoms with van der Waals surface area (Å²) in [5.74, 6) is -0.250. The third-order valence-corrected chi connectivity index (χ3v) is 14.5. The highest BCUT2D eigenvalue weighted by Gasteiger charge is 2.80. The number of hydrogen-bond acceptors (Lipinski definition) is 9. The summed E-state index contributed by atoms with van der Waals surface area (Å²) in [7, 11) is 0. The monoisotopic (exact) mass is 632 g/mol. The molecular formula is C36H56O9. The van der Waals surface area contributed by atoms with Gasteiger partial charge in [-0.1, -0.05) is 39.3 Å². The number of aliphatic hydroxyl groups excluding tert-OH is 4. The number of rotatable bonds is 6. The summed E-state index contributed by atoms with van der Waals surface area (Å²) in [6, 6.07) is 0. The lowest BCUT2D eigenvalue weighted by molar-refractivity contribution is -0.300. The van der Waals surface area contributed by atoms with E-state index in [0.29, 0.717) is 12.3 Å². The summed E-state index contributed by atoms with van der Waals surface area (Å²) in [5, 5.41) is 52.0. The lowest BCUT2D eigenvalue weighted by atomic mass is 9.42. The van der Waals surface area contributed by atoms with E-state index in [4.69, 9.17) is 9.47 Å². The molecule has 0 radical (unpaired) electrons. The molecule has 9 nitrogen and oxygen atoms in total. The number of aldehydes is 1. The molecule has 254 valence electrons. The molecule has 4 saturated carbocycles. The van der Waals surface area contributed by atoms with E-state index in [1.54, 1.807) is 13.8 Å². The highest BCUT2D eigenvalue weighted by atomic mass is 16.7. The van der Waals surface area contributed by atoms with Gasteiger partial charge in [-0.05, 0) is 105 Å². The number of hydrogen-bond donors (Lipinski definition) is 5. The smallest absolute Gasteiger partial charge is 0.186 e. The van der Waals surface area contributed by atoms with Crippen molar-refractivity contribution in [2.75, 3.05) is 6.61 Å². The molecule has 0 amide bonds. The van der Waals surface area contributed by atoms with Crippen molar-refractivity contribution in [3.05, 3.63) is 11.6 Å². The van der Waals surface area contributed by atoms with Crippen molar-refractivity contribution in [3.8, 4) is 0 Å². The summed E-state index contributed by atoms with van der Waals surface area (Å²) in [4.78, 5) is 27.4. The van der Waals surface area contributed by atoms with Gasteiger partial charge < -0.3 is 39.8 Å². The molecule has 14 unspecified atom stereocenters. The van der Waals surface area contributed by atoms with Crippen molar-refractivity contribution in [1.29, 1.82) is 0 Å². The Labute approximate surface area is 267 Å². The largest absolute Gasteiger partial charge is 0.390 e. The van der Waals surface area contributed by atoms with Crippen LogP contribution in [-0.2, 0) is 19.1 Å². The average Bonchev–Trinajstić information content (AvgIpc) is 3.63.